The van der Waals surface area contributed by atoms with Gasteiger partial charge >= 0.3 is 11.9 Å². The van der Waals surface area contributed by atoms with Gasteiger partial charge in [0.2, 0.25) is 5.76 Å². The van der Waals surface area contributed by atoms with E-state index < -0.39 is 22.6 Å². The summed E-state index contributed by atoms with van der Waals surface area (Å²) in [6.07, 6.45) is 0. The third kappa shape index (κ3) is 3.42. The van der Waals surface area contributed by atoms with Crippen molar-refractivity contribution in [2.75, 3.05) is 5.73 Å². The Morgan fingerprint density at radius 3 is 1.94 bits per heavy atom. The van der Waals surface area contributed by atoms with Gasteiger partial charge in [-0.3, -0.25) is 0 Å². The van der Waals surface area contributed by atoms with Crippen molar-refractivity contribution < 1.29 is 24.9 Å². The van der Waals surface area contributed by atoms with E-state index in [1.165, 1.54) is 12.1 Å². The number of carboxylic acids is 2. The Hall–Kier alpha value is -2.15. The fourth-order valence-electron chi connectivity index (χ4n) is 0.944. The van der Waals surface area contributed by atoms with Crippen LogP contribution in [-0.4, -0.2) is 27.3 Å². The van der Waals surface area contributed by atoms with Crippen molar-refractivity contribution >= 4 is 29.4 Å². The van der Waals surface area contributed by atoms with E-state index in [2.05, 4.69) is 0 Å². The largest absolute Gasteiger partial charge is 0.501 e. The summed E-state index contributed by atoms with van der Waals surface area (Å²) in [4.78, 5) is 21.1. The molecule has 0 unspecified atom stereocenters. The molecule has 0 spiro atoms. The first-order valence-electron chi connectivity index (χ1n) is 4.35. The van der Waals surface area contributed by atoms with Crippen LogP contribution >= 0.6 is 11.8 Å². The number of benzene rings is 1. The van der Waals surface area contributed by atoms with Crippen LogP contribution in [-0.2, 0) is 9.59 Å². The zero-order valence-electron chi connectivity index (χ0n) is 8.45. The third-order valence-electron chi connectivity index (χ3n) is 1.71. The number of thioether (sulfide) groups is 1. The molecule has 0 saturated carbocycles. The number of hydrogen-bond acceptors (Lipinski definition) is 5. The van der Waals surface area contributed by atoms with Gasteiger partial charge in [-0.15, -0.1) is 0 Å². The van der Waals surface area contributed by atoms with Gasteiger partial charge in [-0.25, -0.2) is 9.59 Å². The Morgan fingerprint density at radius 2 is 1.53 bits per heavy atom. The second-order valence-electron chi connectivity index (χ2n) is 2.96. The van der Waals surface area contributed by atoms with Crippen molar-refractivity contribution in [3.8, 4) is 0 Å². The van der Waals surface area contributed by atoms with Gasteiger partial charge in [0.05, 0.1) is 0 Å². The lowest BCUT2D eigenvalue weighted by Crippen LogP contribution is -2.08. The number of nitrogens with two attached hydrogens (primary N) is 1. The number of aliphatic hydroxyl groups is 1. The molecule has 0 fully saturated rings. The first kappa shape index (κ1) is 12.9. The SMILES string of the molecule is Nc1ccc(S/C(C(=O)O)=C(\O)C(=O)O)cc1. The molecule has 0 radical (unpaired) electrons. The van der Waals surface area contributed by atoms with E-state index in [9.17, 15) is 9.59 Å². The fourth-order valence-corrected chi connectivity index (χ4v) is 1.72. The summed E-state index contributed by atoms with van der Waals surface area (Å²) in [6.45, 7) is 0. The van der Waals surface area contributed by atoms with Crippen LogP contribution in [0.15, 0.2) is 39.8 Å². The molecule has 1 rings (SSSR count). The minimum Gasteiger partial charge on any atom is -0.501 e. The van der Waals surface area contributed by atoms with Gasteiger partial charge in [0.15, 0.2) is 0 Å². The molecule has 0 aliphatic heterocycles. The number of aliphatic hydroxyl groups excluding tert-OH is 1. The van der Waals surface area contributed by atoms with E-state index >= 15 is 0 Å². The monoisotopic (exact) mass is 255 g/mol. The summed E-state index contributed by atoms with van der Waals surface area (Å²) < 4.78 is 0. The molecule has 7 heteroatoms. The Labute approximate surface area is 100 Å². The molecule has 0 aromatic heterocycles. The molecule has 90 valence electrons. The van der Waals surface area contributed by atoms with E-state index in [0.717, 1.165) is 0 Å². The van der Waals surface area contributed by atoms with Crippen LogP contribution in [0.1, 0.15) is 0 Å². The van der Waals surface area contributed by atoms with Gasteiger partial charge in [0, 0.05) is 10.6 Å². The molecule has 6 nitrogen and oxygen atoms in total. The second kappa shape index (κ2) is 5.26. The summed E-state index contributed by atoms with van der Waals surface area (Å²) in [5, 5.41) is 26.4. The molecule has 0 atom stereocenters. The van der Waals surface area contributed by atoms with Crippen LogP contribution < -0.4 is 5.73 Å². The van der Waals surface area contributed by atoms with Crippen molar-refractivity contribution in [3.05, 3.63) is 34.9 Å². The Morgan fingerprint density at radius 1 is 1.00 bits per heavy atom. The second-order valence-corrected chi connectivity index (χ2v) is 4.04. The topological polar surface area (TPSA) is 121 Å². The molecule has 1 aromatic carbocycles. The number of rotatable bonds is 4. The molecule has 0 amide bonds. The standard InChI is InChI=1S/C10H9NO5S/c11-5-1-3-6(4-2-5)17-8(10(15)16)7(12)9(13)14/h1-4,12H,11H2,(H,13,14)(H,15,16)/b8-7-. The quantitative estimate of drug-likeness (QED) is 0.277. The van der Waals surface area contributed by atoms with Gasteiger partial charge in [-0.2, -0.15) is 0 Å². The molecule has 0 aliphatic carbocycles. The highest BCUT2D eigenvalue weighted by atomic mass is 32.2. The third-order valence-corrected chi connectivity index (χ3v) is 2.79. The molecule has 0 bridgehead atoms. The number of carboxylic acid groups (broad SMARTS) is 2. The first-order chi connectivity index (χ1) is 7.91. The lowest BCUT2D eigenvalue weighted by Gasteiger charge is -2.04. The van der Waals surface area contributed by atoms with Crippen LogP contribution in [0.3, 0.4) is 0 Å². The van der Waals surface area contributed by atoms with Crippen molar-refractivity contribution in [1.82, 2.24) is 0 Å². The predicted octanol–water partition coefficient (Wildman–Crippen LogP) is 1.30. The van der Waals surface area contributed by atoms with Gasteiger partial charge in [-0.1, -0.05) is 11.8 Å². The van der Waals surface area contributed by atoms with E-state index in [0.29, 0.717) is 22.3 Å². The highest BCUT2D eigenvalue weighted by Crippen LogP contribution is 2.29. The van der Waals surface area contributed by atoms with Crippen molar-refractivity contribution in [2.24, 2.45) is 0 Å². The average Bonchev–Trinajstić information content (AvgIpc) is 2.26. The summed E-state index contributed by atoms with van der Waals surface area (Å²) in [5.74, 6) is -4.39. The molecule has 5 N–H and O–H groups in total. The minimum atomic E-state index is -1.69. The van der Waals surface area contributed by atoms with E-state index in [-0.39, 0.29) is 0 Å². The number of aliphatic carboxylic acids is 2. The molecular weight excluding hydrogens is 246 g/mol. The molecule has 0 saturated heterocycles. The smallest absolute Gasteiger partial charge is 0.372 e. The Bertz CT molecular complexity index is 480. The van der Waals surface area contributed by atoms with Crippen molar-refractivity contribution in [3.63, 3.8) is 0 Å². The lowest BCUT2D eigenvalue weighted by molar-refractivity contribution is -0.137. The number of anilines is 1. The summed E-state index contributed by atoms with van der Waals surface area (Å²) in [6, 6.07) is 6.13. The van der Waals surface area contributed by atoms with Crippen molar-refractivity contribution in [2.45, 2.75) is 4.90 Å². The number of carbonyl (C=O) groups is 2. The maximum absolute atomic E-state index is 10.8. The first-order valence-corrected chi connectivity index (χ1v) is 5.16. The van der Waals surface area contributed by atoms with Gasteiger partial charge in [-0.05, 0) is 24.3 Å². The van der Waals surface area contributed by atoms with Crippen molar-refractivity contribution in [1.29, 1.82) is 0 Å². The van der Waals surface area contributed by atoms with Gasteiger partial charge in [0.25, 0.3) is 0 Å². The molecule has 0 heterocycles. The van der Waals surface area contributed by atoms with Crippen LogP contribution in [0, 0.1) is 0 Å². The van der Waals surface area contributed by atoms with Gasteiger partial charge in [0.1, 0.15) is 4.91 Å². The zero-order valence-corrected chi connectivity index (χ0v) is 9.27. The lowest BCUT2D eigenvalue weighted by atomic mass is 10.3. The van der Waals surface area contributed by atoms with E-state index in [4.69, 9.17) is 21.1 Å². The number of hydrogen-bond donors (Lipinski definition) is 4. The summed E-state index contributed by atoms with van der Waals surface area (Å²) in [5.41, 5.74) is 5.94. The van der Waals surface area contributed by atoms with Crippen LogP contribution in [0.2, 0.25) is 0 Å². The van der Waals surface area contributed by atoms with E-state index in [1.54, 1.807) is 12.1 Å². The fraction of sp³-hybridized carbons (Fsp3) is 0. The number of nitrogen functional groups attached to an aromatic ring is 1. The maximum Gasteiger partial charge on any atom is 0.372 e. The molecule has 17 heavy (non-hydrogen) atoms. The average molecular weight is 255 g/mol. The molecule has 1 aromatic rings. The Kier molecular flexibility index (Phi) is 4.00. The van der Waals surface area contributed by atoms with E-state index in [1.807, 2.05) is 0 Å². The minimum absolute atomic E-state index is 0.462. The molecule has 0 aliphatic rings. The highest BCUT2D eigenvalue weighted by Gasteiger charge is 2.20. The molecular formula is C10H9NO5S. The maximum atomic E-state index is 10.8. The van der Waals surface area contributed by atoms with Crippen LogP contribution in [0.25, 0.3) is 0 Å². The zero-order chi connectivity index (χ0) is 13.0. The normalized spacial score (nSPS) is 11.8. The summed E-state index contributed by atoms with van der Waals surface area (Å²) in [7, 11) is 0. The van der Waals surface area contributed by atoms with Gasteiger partial charge < -0.3 is 21.1 Å². The Balaban J connectivity index is 3.04. The summed E-state index contributed by atoms with van der Waals surface area (Å²) >= 11 is 0.636. The predicted molar refractivity (Wildman–Crippen MR) is 61.6 cm³/mol. The van der Waals surface area contributed by atoms with Crippen LogP contribution in [0.5, 0.6) is 0 Å². The highest BCUT2D eigenvalue weighted by molar-refractivity contribution is 8.04. The van der Waals surface area contributed by atoms with Crippen LogP contribution in [0.4, 0.5) is 5.69 Å².